The molecule has 8 nitrogen and oxygen atoms in total. The highest BCUT2D eigenvalue weighted by molar-refractivity contribution is 5.91. The van der Waals surface area contributed by atoms with Crippen molar-refractivity contribution >= 4 is 17.7 Å². The number of aromatic hydroxyl groups is 1. The second-order valence-electron chi connectivity index (χ2n) is 7.86. The fourth-order valence-electron chi connectivity index (χ4n) is 3.59. The Morgan fingerprint density at radius 1 is 1.17 bits per heavy atom. The largest absolute Gasteiger partial charge is 0.505 e. The number of esters is 1. The van der Waals surface area contributed by atoms with Crippen molar-refractivity contribution in [3.05, 3.63) is 81.8 Å². The zero-order valence-electron chi connectivity index (χ0n) is 19.4. The molecule has 0 spiro atoms. The van der Waals surface area contributed by atoms with E-state index in [-0.39, 0.29) is 30.0 Å². The van der Waals surface area contributed by atoms with Crippen LogP contribution >= 0.6 is 0 Å². The van der Waals surface area contributed by atoms with E-state index in [0.717, 1.165) is 12.1 Å². The molecule has 3 aromatic rings. The number of nitrogens with one attached hydrogen (secondary N) is 2. The molecular formula is C25H25F2N3O5. The SMILES string of the molecule is CCOC(=O)C[C@H](NC(=O)Nc1c(O)c(C)cn(C)c1=O)c1cccc(-c2ccc(F)cc2F)c1. The van der Waals surface area contributed by atoms with Crippen LogP contribution in [0.4, 0.5) is 19.3 Å². The van der Waals surface area contributed by atoms with Gasteiger partial charge in [-0.15, -0.1) is 0 Å². The Kier molecular flexibility index (Phi) is 7.85. The molecular weight excluding hydrogens is 460 g/mol. The van der Waals surface area contributed by atoms with E-state index in [0.29, 0.717) is 16.7 Å². The zero-order valence-corrected chi connectivity index (χ0v) is 19.4. The number of hydrogen-bond acceptors (Lipinski definition) is 5. The summed E-state index contributed by atoms with van der Waals surface area (Å²) in [4.78, 5) is 37.4. The van der Waals surface area contributed by atoms with Crippen LogP contribution in [0.1, 0.15) is 30.5 Å². The summed E-state index contributed by atoms with van der Waals surface area (Å²) in [5.41, 5.74) is 0.415. The van der Waals surface area contributed by atoms with Gasteiger partial charge in [0.25, 0.3) is 5.56 Å². The van der Waals surface area contributed by atoms with Gasteiger partial charge in [-0.2, -0.15) is 0 Å². The number of carbonyl (C=O) groups is 2. The number of urea groups is 1. The Bertz CT molecular complexity index is 1320. The highest BCUT2D eigenvalue weighted by atomic mass is 19.1. The van der Waals surface area contributed by atoms with Gasteiger partial charge in [-0.1, -0.05) is 18.2 Å². The second-order valence-corrected chi connectivity index (χ2v) is 7.86. The van der Waals surface area contributed by atoms with Gasteiger partial charge in [-0.05, 0) is 43.2 Å². The van der Waals surface area contributed by atoms with E-state index in [4.69, 9.17) is 4.74 Å². The van der Waals surface area contributed by atoms with Crippen LogP contribution < -0.4 is 16.2 Å². The number of hydrogen-bond donors (Lipinski definition) is 3. The number of amides is 2. The first-order valence-electron chi connectivity index (χ1n) is 10.8. The summed E-state index contributed by atoms with van der Waals surface area (Å²) in [5.74, 6) is -2.45. The predicted octanol–water partition coefficient (Wildman–Crippen LogP) is 4.16. The Hall–Kier alpha value is -4.21. The highest BCUT2D eigenvalue weighted by Crippen LogP contribution is 2.28. The smallest absolute Gasteiger partial charge is 0.319 e. The number of pyridine rings is 1. The molecule has 3 N–H and O–H groups in total. The van der Waals surface area contributed by atoms with E-state index in [1.807, 2.05) is 0 Å². The number of rotatable bonds is 7. The van der Waals surface area contributed by atoms with E-state index >= 15 is 0 Å². The molecule has 1 atom stereocenters. The molecule has 0 unspecified atom stereocenters. The molecule has 2 amide bonds. The number of ether oxygens (including phenoxy) is 1. The van der Waals surface area contributed by atoms with Gasteiger partial charge < -0.3 is 25.0 Å². The van der Waals surface area contributed by atoms with E-state index in [9.17, 15) is 28.3 Å². The molecule has 0 aliphatic carbocycles. The van der Waals surface area contributed by atoms with Gasteiger partial charge >= 0.3 is 12.0 Å². The van der Waals surface area contributed by atoms with Gasteiger partial charge in [-0.3, -0.25) is 9.59 Å². The molecule has 1 heterocycles. The number of anilines is 1. The number of halogens is 2. The standard InChI is InChI=1S/C25H25F2N3O5/c1-4-35-21(31)12-20(28-25(34)29-22-23(32)14(2)13-30(3)24(22)33)16-7-5-6-15(10-16)18-9-8-17(26)11-19(18)27/h5-11,13,20,32H,4,12H2,1-3H3,(H2,28,29,34)/t20-/m0/s1. The van der Waals surface area contributed by atoms with E-state index < -0.39 is 35.2 Å². The van der Waals surface area contributed by atoms with Gasteiger partial charge in [0.05, 0.1) is 19.1 Å². The Morgan fingerprint density at radius 3 is 2.60 bits per heavy atom. The first-order valence-corrected chi connectivity index (χ1v) is 10.8. The van der Waals surface area contributed by atoms with Crippen molar-refractivity contribution in [3.63, 3.8) is 0 Å². The lowest BCUT2D eigenvalue weighted by atomic mass is 9.97. The van der Waals surface area contributed by atoms with Crippen LogP contribution in [0.25, 0.3) is 11.1 Å². The number of nitrogens with zero attached hydrogens (tertiary/aromatic N) is 1. The van der Waals surface area contributed by atoms with Crippen LogP contribution in [0.3, 0.4) is 0 Å². The number of aromatic nitrogens is 1. The third-order valence-corrected chi connectivity index (χ3v) is 5.28. The minimum absolute atomic E-state index is 0.131. The Labute approximate surface area is 200 Å². The maximum absolute atomic E-state index is 14.3. The maximum Gasteiger partial charge on any atom is 0.319 e. The molecule has 0 aliphatic heterocycles. The van der Waals surface area contributed by atoms with Crippen molar-refractivity contribution in [1.82, 2.24) is 9.88 Å². The molecule has 10 heteroatoms. The number of carbonyl (C=O) groups excluding carboxylic acids is 2. The summed E-state index contributed by atoms with van der Waals surface area (Å²) in [7, 11) is 1.47. The molecule has 0 bridgehead atoms. The molecule has 0 radical (unpaired) electrons. The normalized spacial score (nSPS) is 11.6. The van der Waals surface area contributed by atoms with Crippen LogP contribution in [-0.2, 0) is 16.6 Å². The lowest BCUT2D eigenvalue weighted by molar-refractivity contribution is -0.143. The Balaban J connectivity index is 1.92. The van der Waals surface area contributed by atoms with Gasteiger partial charge in [-0.25, -0.2) is 13.6 Å². The lowest BCUT2D eigenvalue weighted by Crippen LogP contribution is -2.36. The fourth-order valence-corrected chi connectivity index (χ4v) is 3.59. The third-order valence-electron chi connectivity index (χ3n) is 5.28. The minimum Gasteiger partial charge on any atom is -0.505 e. The second kappa shape index (κ2) is 10.8. The summed E-state index contributed by atoms with van der Waals surface area (Å²) in [6.07, 6.45) is 1.17. The summed E-state index contributed by atoms with van der Waals surface area (Å²) >= 11 is 0. The topological polar surface area (TPSA) is 110 Å². The monoisotopic (exact) mass is 485 g/mol. The van der Waals surface area contributed by atoms with Crippen LogP contribution in [0.2, 0.25) is 0 Å². The van der Waals surface area contributed by atoms with Crippen LogP contribution in [0.5, 0.6) is 5.75 Å². The van der Waals surface area contributed by atoms with Crippen molar-refractivity contribution in [2.75, 3.05) is 11.9 Å². The van der Waals surface area contributed by atoms with Gasteiger partial charge in [0, 0.05) is 30.4 Å². The number of aryl methyl sites for hydroxylation is 2. The zero-order chi connectivity index (χ0) is 25.7. The lowest BCUT2D eigenvalue weighted by Gasteiger charge is -2.20. The molecule has 0 saturated carbocycles. The third kappa shape index (κ3) is 6.03. The predicted molar refractivity (Wildman–Crippen MR) is 126 cm³/mol. The molecule has 1 aromatic heterocycles. The molecule has 0 aliphatic rings. The van der Waals surface area contributed by atoms with Gasteiger partial charge in [0.2, 0.25) is 0 Å². The molecule has 2 aromatic carbocycles. The Morgan fingerprint density at radius 2 is 1.91 bits per heavy atom. The molecule has 0 fully saturated rings. The highest BCUT2D eigenvalue weighted by Gasteiger charge is 2.22. The molecule has 3 rings (SSSR count). The summed E-state index contributed by atoms with van der Waals surface area (Å²) in [6.45, 7) is 3.34. The summed E-state index contributed by atoms with van der Waals surface area (Å²) in [6, 6.07) is 7.80. The van der Waals surface area contributed by atoms with E-state index in [1.165, 1.54) is 23.9 Å². The average Bonchev–Trinajstić information content (AvgIpc) is 2.80. The molecule has 35 heavy (non-hydrogen) atoms. The van der Waals surface area contributed by atoms with Gasteiger partial charge in [0.15, 0.2) is 5.69 Å². The molecule has 184 valence electrons. The van der Waals surface area contributed by atoms with Crippen molar-refractivity contribution in [2.24, 2.45) is 7.05 Å². The molecule has 0 saturated heterocycles. The average molecular weight is 485 g/mol. The van der Waals surface area contributed by atoms with Crippen LogP contribution in [0.15, 0.2) is 53.5 Å². The first kappa shape index (κ1) is 25.4. The van der Waals surface area contributed by atoms with Crippen molar-refractivity contribution in [1.29, 1.82) is 0 Å². The summed E-state index contributed by atoms with van der Waals surface area (Å²) in [5, 5.41) is 15.2. The van der Waals surface area contributed by atoms with Crippen molar-refractivity contribution in [3.8, 4) is 16.9 Å². The van der Waals surface area contributed by atoms with Gasteiger partial charge in [0.1, 0.15) is 17.4 Å². The van der Waals surface area contributed by atoms with E-state index in [1.54, 1.807) is 38.1 Å². The fraction of sp³-hybridized carbons (Fsp3) is 0.240. The van der Waals surface area contributed by atoms with Crippen LogP contribution in [-0.4, -0.2) is 28.3 Å². The quantitative estimate of drug-likeness (QED) is 0.436. The first-order chi connectivity index (χ1) is 16.6. The van der Waals surface area contributed by atoms with Crippen molar-refractivity contribution in [2.45, 2.75) is 26.3 Å². The summed E-state index contributed by atoms with van der Waals surface area (Å²) < 4.78 is 33.9. The van der Waals surface area contributed by atoms with Crippen molar-refractivity contribution < 1.29 is 28.2 Å². The number of benzene rings is 2. The van der Waals surface area contributed by atoms with E-state index in [2.05, 4.69) is 10.6 Å². The van der Waals surface area contributed by atoms with Crippen LogP contribution in [0, 0.1) is 18.6 Å². The maximum atomic E-state index is 14.3. The minimum atomic E-state index is -0.923.